The van der Waals surface area contributed by atoms with Gasteiger partial charge in [-0.1, -0.05) is 0 Å². The van der Waals surface area contributed by atoms with Crippen LogP contribution in [-0.4, -0.2) is 82.4 Å². The highest BCUT2D eigenvalue weighted by Crippen LogP contribution is 2.05. The number of carboxylic acid groups (broad SMARTS) is 2. The number of amides is 5. The predicted molar refractivity (Wildman–Crippen MR) is 119 cm³/mol. The van der Waals surface area contributed by atoms with Crippen molar-refractivity contribution in [3.05, 3.63) is 0 Å². The summed E-state index contributed by atoms with van der Waals surface area (Å²) in [6.07, 6.45) is -1.11. The van der Waals surface area contributed by atoms with Crippen LogP contribution in [0.25, 0.3) is 0 Å². The third-order valence-electron chi connectivity index (χ3n) is 4.64. The van der Waals surface area contributed by atoms with Crippen molar-refractivity contribution in [2.45, 2.75) is 69.1 Å². The maximum Gasteiger partial charge on any atom is 0.326 e. The summed E-state index contributed by atoms with van der Waals surface area (Å²) in [6.45, 7) is 0.295. The number of aliphatic carboxylic acids is 2. The Morgan fingerprint density at radius 1 is 0.686 bits per heavy atom. The zero-order chi connectivity index (χ0) is 27.1. The molecule has 0 aliphatic rings. The number of primary amides is 2. The van der Waals surface area contributed by atoms with Crippen LogP contribution in [-0.2, 0) is 33.6 Å². The van der Waals surface area contributed by atoms with E-state index in [0.29, 0.717) is 19.4 Å². The highest BCUT2D eigenvalue weighted by Gasteiger charge is 2.31. The summed E-state index contributed by atoms with van der Waals surface area (Å²) in [5.74, 6) is -7.63. The first kappa shape index (κ1) is 31.2. The topological polar surface area (TPSA) is 300 Å². The molecule has 0 spiro atoms. The minimum atomic E-state index is -1.72. The van der Waals surface area contributed by atoms with Gasteiger partial charge >= 0.3 is 11.9 Å². The number of carbonyl (C=O) groups is 7. The first-order valence-electron chi connectivity index (χ1n) is 10.7. The SMILES string of the molecule is NCCCCC(NC(=O)C(N)CCC(=O)O)C(=O)NC(CC(N)=O)C(=O)NC(CC(N)=O)C(=O)O. The van der Waals surface area contributed by atoms with Crippen molar-refractivity contribution in [1.82, 2.24) is 16.0 Å². The van der Waals surface area contributed by atoms with E-state index >= 15 is 0 Å². The van der Waals surface area contributed by atoms with Gasteiger partial charge in [0.1, 0.15) is 18.1 Å². The molecule has 35 heavy (non-hydrogen) atoms. The van der Waals surface area contributed by atoms with Crippen molar-refractivity contribution >= 4 is 41.5 Å². The number of hydrogen-bond donors (Lipinski definition) is 9. The fraction of sp³-hybridized carbons (Fsp3) is 0.632. The molecule has 0 fully saturated rings. The minimum Gasteiger partial charge on any atom is -0.481 e. The lowest BCUT2D eigenvalue weighted by molar-refractivity contribution is -0.144. The van der Waals surface area contributed by atoms with Gasteiger partial charge in [0.15, 0.2) is 0 Å². The molecule has 198 valence electrons. The van der Waals surface area contributed by atoms with Crippen molar-refractivity contribution in [1.29, 1.82) is 0 Å². The summed E-state index contributed by atoms with van der Waals surface area (Å²) >= 11 is 0. The Hall–Kier alpha value is -3.79. The summed E-state index contributed by atoms with van der Waals surface area (Å²) in [5.41, 5.74) is 21.2. The summed E-state index contributed by atoms with van der Waals surface area (Å²) in [7, 11) is 0. The lowest BCUT2D eigenvalue weighted by Crippen LogP contribution is -2.58. The monoisotopic (exact) mass is 503 g/mol. The molecule has 0 heterocycles. The number of carboxylic acids is 2. The van der Waals surface area contributed by atoms with Gasteiger partial charge in [-0.15, -0.1) is 0 Å². The van der Waals surface area contributed by atoms with Gasteiger partial charge in [-0.05, 0) is 32.2 Å². The maximum atomic E-state index is 12.8. The van der Waals surface area contributed by atoms with Crippen LogP contribution < -0.4 is 38.9 Å². The number of hydrogen-bond acceptors (Lipinski definition) is 9. The molecule has 0 aliphatic carbocycles. The van der Waals surface area contributed by atoms with E-state index in [2.05, 4.69) is 10.6 Å². The Morgan fingerprint density at radius 2 is 1.17 bits per heavy atom. The first-order chi connectivity index (χ1) is 16.3. The Labute approximate surface area is 200 Å². The summed E-state index contributed by atoms with van der Waals surface area (Å²) in [5, 5.41) is 24.5. The molecule has 0 saturated heterocycles. The molecule has 0 bridgehead atoms. The Kier molecular flexibility index (Phi) is 14.2. The van der Waals surface area contributed by atoms with E-state index in [0.717, 1.165) is 0 Å². The number of carbonyl (C=O) groups excluding carboxylic acids is 5. The van der Waals surface area contributed by atoms with E-state index in [4.69, 9.17) is 33.1 Å². The molecule has 13 N–H and O–H groups in total. The molecule has 0 aromatic rings. The summed E-state index contributed by atoms with van der Waals surface area (Å²) in [4.78, 5) is 82.1. The molecular formula is C19H33N7O9. The molecule has 4 unspecified atom stereocenters. The van der Waals surface area contributed by atoms with Gasteiger partial charge in [-0.3, -0.25) is 28.8 Å². The van der Waals surface area contributed by atoms with Gasteiger partial charge < -0.3 is 49.1 Å². The molecule has 4 atom stereocenters. The van der Waals surface area contributed by atoms with Crippen molar-refractivity contribution in [2.75, 3.05) is 6.54 Å². The van der Waals surface area contributed by atoms with Crippen molar-refractivity contribution in [3.8, 4) is 0 Å². The van der Waals surface area contributed by atoms with E-state index < -0.39 is 78.5 Å². The van der Waals surface area contributed by atoms with Crippen molar-refractivity contribution in [3.63, 3.8) is 0 Å². The quantitative estimate of drug-likeness (QED) is 0.0804. The first-order valence-corrected chi connectivity index (χ1v) is 10.7. The standard InChI is InChI=1S/C19H33N7O9/c20-6-2-1-3-10(24-16(31)9(21)4-5-15(29)30)17(32)25-11(7-13(22)27)18(33)26-12(19(34)35)8-14(23)28/h9-12H,1-8,20-21H2,(H2,22,27)(H2,23,28)(H,24,31)(H,25,32)(H,26,33)(H,29,30)(H,34,35). The van der Waals surface area contributed by atoms with Gasteiger partial charge in [0.2, 0.25) is 29.5 Å². The second-order valence-corrected chi connectivity index (χ2v) is 7.69. The van der Waals surface area contributed by atoms with Crippen LogP contribution >= 0.6 is 0 Å². The molecule has 5 amide bonds. The average molecular weight is 504 g/mol. The minimum absolute atomic E-state index is 0.0603. The zero-order valence-electron chi connectivity index (χ0n) is 19.0. The Balaban J connectivity index is 5.53. The van der Waals surface area contributed by atoms with Gasteiger partial charge in [0.05, 0.1) is 18.9 Å². The Morgan fingerprint density at radius 3 is 1.66 bits per heavy atom. The van der Waals surface area contributed by atoms with Crippen LogP contribution in [0.3, 0.4) is 0 Å². The van der Waals surface area contributed by atoms with E-state index in [1.54, 1.807) is 0 Å². The summed E-state index contributed by atoms with van der Waals surface area (Å²) in [6, 6.07) is -5.83. The molecule has 0 aromatic heterocycles. The highest BCUT2D eigenvalue weighted by molar-refractivity contribution is 5.96. The molecule has 0 aromatic carbocycles. The van der Waals surface area contributed by atoms with E-state index in [1.807, 2.05) is 5.32 Å². The normalized spacial score (nSPS) is 14.0. The largest absolute Gasteiger partial charge is 0.481 e. The van der Waals surface area contributed by atoms with Gasteiger partial charge in [0, 0.05) is 6.42 Å². The van der Waals surface area contributed by atoms with Gasteiger partial charge in [0.25, 0.3) is 0 Å². The fourth-order valence-electron chi connectivity index (χ4n) is 2.81. The van der Waals surface area contributed by atoms with Gasteiger partial charge in [-0.2, -0.15) is 0 Å². The number of unbranched alkanes of at least 4 members (excludes halogenated alkanes) is 1. The van der Waals surface area contributed by atoms with Crippen molar-refractivity contribution in [2.24, 2.45) is 22.9 Å². The molecule has 0 aliphatic heterocycles. The third-order valence-corrected chi connectivity index (χ3v) is 4.64. The van der Waals surface area contributed by atoms with Crippen LogP contribution in [0, 0.1) is 0 Å². The van der Waals surface area contributed by atoms with Crippen LogP contribution in [0.15, 0.2) is 0 Å². The van der Waals surface area contributed by atoms with Crippen molar-refractivity contribution < 1.29 is 43.8 Å². The molecule has 0 saturated carbocycles. The Bertz CT molecular complexity index is 806. The van der Waals surface area contributed by atoms with Crippen LogP contribution in [0.1, 0.15) is 44.9 Å². The predicted octanol–water partition coefficient (Wildman–Crippen LogP) is -4.40. The lowest BCUT2D eigenvalue weighted by atomic mass is 10.1. The van der Waals surface area contributed by atoms with E-state index in [9.17, 15) is 33.6 Å². The van der Waals surface area contributed by atoms with Crippen LogP contribution in [0.4, 0.5) is 0 Å². The second kappa shape index (κ2) is 15.9. The molecule has 0 rings (SSSR count). The number of rotatable bonds is 18. The average Bonchev–Trinajstić information content (AvgIpc) is 2.74. The molecule has 16 nitrogen and oxygen atoms in total. The third kappa shape index (κ3) is 13.5. The van der Waals surface area contributed by atoms with E-state index in [1.165, 1.54) is 0 Å². The summed E-state index contributed by atoms with van der Waals surface area (Å²) < 4.78 is 0. The molecule has 16 heteroatoms. The van der Waals surface area contributed by atoms with Gasteiger partial charge in [-0.25, -0.2) is 4.79 Å². The highest BCUT2D eigenvalue weighted by atomic mass is 16.4. The maximum absolute atomic E-state index is 12.8. The van der Waals surface area contributed by atoms with Crippen LogP contribution in [0.5, 0.6) is 0 Å². The second-order valence-electron chi connectivity index (χ2n) is 7.69. The smallest absolute Gasteiger partial charge is 0.326 e. The van der Waals surface area contributed by atoms with E-state index in [-0.39, 0.29) is 19.3 Å². The number of nitrogens with one attached hydrogen (secondary N) is 3. The molecular weight excluding hydrogens is 470 g/mol. The lowest BCUT2D eigenvalue weighted by Gasteiger charge is -2.24. The number of nitrogens with two attached hydrogens (primary N) is 4. The fourth-order valence-corrected chi connectivity index (χ4v) is 2.81. The zero-order valence-corrected chi connectivity index (χ0v) is 19.0. The molecule has 0 radical (unpaired) electrons. The van der Waals surface area contributed by atoms with Crippen LogP contribution in [0.2, 0.25) is 0 Å².